The normalized spacial score (nSPS) is 11.5. The van der Waals surface area contributed by atoms with Gasteiger partial charge in [0.25, 0.3) is 0 Å². The van der Waals surface area contributed by atoms with Crippen LogP contribution in [0, 0.1) is 0 Å². The third kappa shape index (κ3) is 5.26. The first-order valence-corrected chi connectivity index (χ1v) is 17.5. The van der Waals surface area contributed by atoms with Gasteiger partial charge >= 0.3 is 0 Å². The average Bonchev–Trinajstić information content (AvgIpc) is 3.23. The quantitative estimate of drug-likeness (QED) is 0.172. The lowest BCUT2D eigenvalue weighted by Crippen LogP contribution is -1.94. The highest BCUT2D eigenvalue weighted by Gasteiger charge is 2.15. The first kappa shape index (κ1) is 29.8. The molecule has 0 amide bonds. The van der Waals surface area contributed by atoms with Gasteiger partial charge in [0, 0.05) is 43.8 Å². The Morgan fingerprint density at radius 2 is 0.596 bits per heavy atom. The lowest BCUT2D eigenvalue weighted by Gasteiger charge is -2.13. The molecular weight excluding hydrogens is 633 g/mol. The molecule has 0 bridgehead atoms. The van der Waals surface area contributed by atoms with E-state index >= 15 is 0 Å². The number of rotatable bonds is 5. The first-order valence-electron chi connectivity index (χ1n) is 17.5. The number of aromatic nitrogens is 4. The predicted molar refractivity (Wildman–Crippen MR) is 215 cm³/mol. The summed E-state index contributed by atoms with van der Waals surface area (Å²) < 4.78 is 0. The molecule has 0 fully saturated rings. The lowest BCUT2D eigenvalue weighted by molar-refractivity contribution is 1.36. The van der Waals surface area contributed by atoms with Crippen molar-refractivity contribution in [2.75, 3.05) is 0 Å². The third-order valence-electron chi connectivity index (χ3n) is 9.86. The van der Waals surface area contributed by atoms with E-state index in [2.05, 4.69) is 158 Å². The molecule has 0 aliphatic carbocycles. The van der Waals surface area contributed by atoms with E-state index in [0.29, 0.717) is 0 Å². The second kappa shape index (κ2) is 12.4. The van der Waals surface area contributed by atoms with Crippen LogP contribution in [-0.2, 0) is 0 Å². The van der Waals surface area contributed by atoms with Crippen molar-refractivity contribution in [2.45, 2.75) is 0 Å². The molecule has 0 atom stereocenters. The minimum atomic E-state index is 0.888. The van der Waals surface area contributed by atoms with E-state index in [0.717, 1.165) is 99.8 Å². The summed E-state index contributed by atoms with van der Waals surface area (Å²) >= 11 is 0. The molecule has 0 unspecified atom stereocenters. The summed E-state index contributed by atoms with van der Waals surface area (Å²) in [6.45, 7) is 0. The summed E-state index contributed by atoms with van der Waals surface area (Å²) in [6.07, 6.45) is 0. The Morgan fingerprint density at radius 1 is 0.250 bits per heavy atom. The van der Waals surface area contributed by atoms with Gasteiger partial charge in [0.05, 0.1) is 44.8 Å². The van der Waals surface area contributed by atoms with E-state index in [-0.39, 0.29) is 0 Å². The second-order valence-electron chi connectivity index (χ2n) is 13.1. The highest BCUT2D eigenvalue weighted by molar-refractivity contribution is 6.10. The van der Waals surface area contributed by atoms with Gasteiger partial charge in [-0.25, -0.2) is 19.9 Å². The highest BCUT2D eigenvalue weighted by atomic mass is 14.8. The summed E-state index contributed by atoms with van der Waals surface area (Å²) in [6, 6.07) is 63.2. The highest BCUT2D eigenvalue weighted by Crippen LogP contribution is 2.36. The molecule has 0 saturated heterocycles. The Kier molecular flexibility index (Phi) is 7.10. The molecule has 4 heteroatoms. The molecule has 0 radical (unpaired) electrons. The SMILES string of the molecule is c1ccc(-c2ccc3ccc4ccc(-c5ccc(-c6ccc7ccc8c(-c9ccccc9)cc(-c9ccccc9)nc8c7n6)cc5)nc4c3n2)cc1. The van der Waals surface area contributed by atoms with Gasteiger partial charge < -0.3 is 0 Å². The van der Waals surface area contributed by atoms with Gasteiger partial charge in [-0.15, -0.1) is 0 Å². The van der Waals surface area contributed by atoms with Crippen LogP contribution >= 0.6 is 0 Å². The molecule has 242 valence electrons. The maximum atomic E-state index is 5.27. The van der Waals surface area contributed by atoms with Crippen molar-refractivity contribution in [1.82, 2.24) is 19.9 Å². The van der Waals surface area contributed by atoms with Crippen LogP contribution in [0.4, 0.5) is 0 Å². The maximum Gasteiger partial charge on any atom is 0.0978 e. The van der Waals surface area contributed by atoms with Crippen molar-refractivity contribution < 1.29 is 0 Å². The molecular formula is C48H30N4. The van der Waals surface area contributed by atoms with Crippen molar-refractivity contribution in [1.29, 1.82) is 0 Å². The van der Waals surface area contributed by atoms with Gasteiger partial charge in [-0.3, -0.25) is 0 Å². The zero-order chi connectivity index (χ0) is 34.4. The molecule has 4 aromatic heterocycles. The van der Waals surface area contributed by atoms with Crippen molar-refractivity contribution >= 4 is 43.6 Å². The van der Waals surface area contributed by atoms with Gasteiger partial charge in [-0.2, -0.15) is 0 Å². The van der Waals surface area contributed by atoms with E-state index in [9.17, 15) is 0 Å². The van der Waals surface area contributed by atoms with E-state index in [1.807, 2.05) is 24.3 Å². The van der Waals surface area contributed by atoms with Gasteiger partial charge in [0.15, 0.2) is 0 Å². The third-order valence-corrected chi connectivity index (χ3v) is 9.86. The summed E-state index contributed by atoms with van der Waals surface area (Å²) in [7, 11) is 0. The average molecular weight is 663 g/mol. The largest absolute Gasteiger partial charge is 0.245 e. The monoisotopic (exact) mass is 662 g/mol. The fourth-order valence-electron chi connectivity index (χ4n) is 7.16. The fourth-order valence-corrected chi connectivity index (χ4v) is 7.16. The minimum absolute atomic E-state index is 0.888. The maximum absolute atomic E-state index is 5.27. The lowest BCUT2D eigenvalue weighted by atomic mass is 9.97. The molecule has 0 N–H and O–H groups in total. The summed E-state index contributed by atoms with van der Waals surface area (Å²) in [4.78, 5) is 20.8. The van der Waals surface area contributed by atoms with Crippen LogP contribution in [0.3, 0.4) is 0 Å². The van der Waals surface area contributed by atoms with Gasteiger partial charge in [0.1, 0.15) is 0 Å². The van der Waals surface area contributed by atoms with Crippen molar-refractivity contribution in [3.63, 3.8) is 0 Å². The van der Waals surface area contributed by atoms with Crippen LogP contribution in [0.25, 0.3) is 99.8 Å². The Balaban J connectivity index is 1.06. The molecule has 4 heterocycles. The standard InChI is InChI=1S/C48H30N4/c1-4-10-31(11-5-1)40-30-44(33-14-8-3-9-15-33)52-48-39(40)26-22-38-25-29-43(51-47(38)48)35-18-16-34(17-19-35)42-28-24-37-21-20-36-23-27-41(32-12-6-2-7-13-32)49-45(36)46(37)50-42/h1-30H. The molecule has 10 aromatic rings. The van der Waals surface area contributed by atoms with Gasteiger partial charge in [-0.05, 0) is 35.4 Å². The van der Waals surface area contributed by atoms with Gasteiger partial charge in [-0.1, -0.05) is 158 Å². The minimum Gasteiger partial charge on any atom is -0.245 e. The number of fused-ring (bicyclic) bond motifs is 6. The van der Waals surface area contributed by atoms with Crippen molar-refractivity contribution in [3.8, 4) is 56.2 Å². The molecule has 52 heavy (non-hydrogen) atoms. The van der Waals surface area contributed by atoms with Crippen LogP contribution in [0.5, 0.6) is 0 Å². The predicted octanol–water partition coefficient (Wildman–Crippen LogP) is 12.2. The summed E-state index contributed by atoms with van der Waals surface area (Å²) in [5, 5.41) is 4.28. The fraction of sp³-hybridized carbons (Fsp3) is 0. The zero-order valence-electron chi connectivity index (χ0n) is 28.1. The smallest absolute Gasteiger partial charge is 0.0978 e. The van der Waals surface area contributed by atoms with Crippen LogP contribution < -0.4 is 0 Å². The first-order chi connectivity index (χ1) is 25.7. The topological polar surface area (TPSA) is 51.6 Å². The van der Waals surface area contributed by atoms with Crippen molar-refractivity contribution in [2.24, 2.45) is 0 Å². The van der Waals surface area contributed by atoms with Crippen LogP contribution in [-0.4, -0.2) is 19.9 Å². The van der Waals surface area contributed by atoms with Crippen LogP contribution in [0.1, 0.15) is 0 Å². The molecule has 0 saturated carbocycles. The summed E-state index contributed by atoms with van der Waals surface area (Å²) in [5.74, 6) is 0. The Hall–Kier alpha value is -7.04. The number of benzene rings is 6. The number of hydrogen-bond donors (Lipinski definition) is 0. The second-order valence-corrected chi connectivity index (χ2v) is 13.1. The molecule has 0 aliphatic heterocycles. The Bertz CT molecular complexity index is 2920. The van der Waals surface area contributed by atoms with Gasteiger partial charge in [0.2, 0.25) is 0 Å². The number of pyridine rings is 4. The van der Waals surface area contributed by atoms with E-state index < -0.39 is 0 Å². The summed E-state index contributed by atoms with van der Waals surface area (Å²) in [5.41, 5.74) is 13.8. The van der Waals surface area contributed by atoms with Crippen LogP contribution in [0.2, 0.25) is 0 Å². The number of nitrogens with zero attached hydrogens (tertiary/aromatic N) is 4. The Morgan fingerprint density at radius 3 is 1.08 bits per heavy atom. The zero-order valence-corrected chi connectivity index (χ0v) is 28.1. The van der Waals surface area contributed by atoms with Crippen molar-refractivity contribution in [3.05, 3.63) is 182 Å². The molecule has 4 nitrogen and oxygen atoms in total. The molecule has 6 aromatic carbocycles. The Labute approximate surface area is 300 Å². The van der Waals surface area contributed by atoms with E-state index in [1.54, 1.807) is 0 Å². The molecule has 10 rings (SSSR count). The number of hydrogen-bond acceptors (Lipinski definition) is 4. The van der Waals surface area contributed by atoms with E-state index in [4.69, 9.17) is 19.9 Å². The molecule has 0 spiro atoms. The molecule has 0 aliphatic rings. The van der Waals surface area contributed by atoms with Crippen LogP contribution in [0.15, 0.2) is 182 Å². The van der Waals surface area contributed by atoms with E-state index in [1.165, 1.54) is 0 Å².